The molecule has 2 N–H and O–H groups in total. The number of rotatable bonds is 7. The fourth-order valence-electron chi connectivity index (χ4n) is 2.93. The van der Waals surface area contributed by atoms with Crippen LogP contribution in [-0.2, 0) is 6.61 Å². The molecule has 156 valence electrons. The second-order valence-corrected chi connectivity index (χ2v) is 7.79. The molecule has 4 rings (SSSR count). The van der Waals surface area contributed by atoms with Gasteiger partial charge in [0.2, 0.25) is 5.13 Å². The molecule has 0 spiro atoms. The minimum atomic E-state index is -0.321. The number of benzene rings is 2. The molecule has 2 aromatic heterocycles. The first-order valence-corrected chi connectivity index (χ1v) is 10.5. The van der Waals surface area contributed by atoms with Gasteiger partial charge in [-0.05, 0) is 35.1 Å². The van der Waals surface area contributed by atoms with Crippen molar-refractivity contribution in [2.45, 2.75) is 6.61 Å². The Labute approximate surface area is 187 Å². The standard InChI is InChI=1S/C22H17ClN4O3S/c1-29-19-5-3-2-4-17(19)16-10-11-24-12-18(16)20(28)25-21-26-27-22(31-21)30-13-14-6-8-15(23)9-7-14/h2-12H,13H2,1H3,(H,25,26,28)/p+1. The van der Waals surface area contributed by atoms with E-state index in [1.54, 1.807) is 31.6 Å². The van der Waals surface area contributed by atoms with Crippen molar-refractivity contribution in [2.75, 3.05) is 12.4 Å². The number of hydrogen-bond donors (Lipinski definition) is 1. The van der Waals surface area contributed by atoms with Gasteiger partial charge in [-0.15, -0.1) is 5.10 Å². The minimum absolute atomic E-state index is 0.321. The first-order valence-electron chi connectivity index (χ1n) is 9.29. The zero-order valence-corrected chi connectivity index (χ0v) is 18.0. The number of methoxy groups -OCH3 is 1. The van der Waals surface area contributed by atoms with E-state index in [1.165, 1.54) is 0 Å². The molecule has 0 atom stereocenters. The van der Waals surface area contributed by atoms with Gasteiger partial charge in [0.25, 0.3) is 11.1 Å². The highest BCUT2D eigenvalue weighted by atomic mass is 35.5. The average Bonchev–Trinajstić information content (AvgIpc) is 3.26. The third-order valence-corrected chi connectivity index (χ3v) is 5.41. The summed E-state index contributed by atoms with van der Waals surface area (Å²) >= 11 is 7.04. The first-order chi connectivity index (χ1) is 15.1. The lowest BCUT2D eigenvalue weighted by atomic mass is 10.0. The number of aromatic amines is 1. The fraction of sp³-hybridized carbons (Fsp3) is 0.0909. The van der Waals surface area contributed by atoms with Crippen molar-refractivity contribution in [1.29, 1.82) is 0 Å². The lowest BCUT2D eigenvalue weighted by Crippen LogP contribution is -2.16. The largest absolute Gasteiger partial charge is 0.496 e. The molecule has 0 saturated heterocycles. The molecule has 2 heterocycles. The minimum Gasteiger partial charge on any atom is -0.496 e. The maximum Gasteiger partial charge on any atom is 0.296 e. The summed E-state index contributed by atoms with van der Waals surface area (Å²) in [6.07, 6.45) is 3.39. The zero-order chi connectivity index (χ0) is 21.6. The number of H-pyrrole nitrogens is 1. The maximum absolute atomic E-state index is 12.9. The number of anilines is 1. The van der Waals surface area contributed by atoms with Crippen LogP contribution >= 0.6 is 22.9 Å². The molecule has 4 aromatic rings. The number of ether oxygens (including phenoxy) is 2. The van der Waals surface area contributed by atoms with Crippen LogP contribution in [-0.4, -0.2) is 23.2 Å². The van der Waals surface area contributed by atoms with Gasteiger partial charge in [-0.25, -0.2) is 4.98 Å². The molecule has 1 amide bonds. The maximum atomic E-state index is 12.9. The van der Waals surface area contributed by atoms with Gasteiger partial charge in [0, 0.05) is 22.2 Å². The first kappa shape index (κ1) is 20.8. The lowest BCUT2D eigenvalue weighted by molar-refractivity contribution is -0.378. The van der Waals surface area contributed by atoms with E-state index in [2.05, 4.69) is 20.5 Å². The van der Waals surface area contributed by atoms with Crippen molar-refractivity contribution < 1.29 is 19.3 Å². The summed E-state index contributed by atoms with van der Waals surface area (Å²) in [5.74, 6) is 0.356. The monoisotopic (exact) mass is 453 g/mol. The number of nitrogens with one attached hydrogen (secondary N) is 2. The van der Waals surface area contributed by atoms with Crippen LogP contribution in [0, 0.1) is 0 Å². The third kappa shape index (κ3) is 4.99. The van der Waals surface area contributed by atoms with Gasteiger partial charge in [-0.3, -0.25) is 10.1 Å². The van der Waals surface area contributed by atoms with Crippen molar-refractivity contribution in [3.63, 3.8) is 0 Å². The molecular formula is C22H18ClN4O3S+. The van der Waals surface area contributed by atoms with Gasteiger partial charge in [0.15, 0.2) is 12.4 Å². The smallest absolute Gasteiger partial charge is 0.296 e. The molecule has 0 radical (unpaired) electrons. The highest BCUT2D eigenvalue weighted by Gasteiger charge is 2.19. The van der Waals surface area contributed by atoms with Crippen LogP contribution in [0.25, 0.3) is 11.1 Å². The predicted molar refractivity (Wildman–Crippen MR) is 119 cm³/mol. The molecule has 0 aliphatic rings. The van der Waals surface area contributed by atoms with E-state index in [1.807, 2.05) is 42.5 Å². The summed E-state index contributed by atoms with van der Waals surface area (Å²) in [5.41, 5.74) is 2.95. The summed E-state index contributed by atoms with van der Waals surface area (Å²) < 4.78 is 11.1. The Hall–Kier alpha value is -3.49. The summed E-state index contributed by atoms with van der Waals surface area (Å²) in [6.45, 7) is 0.325. The van der Waals surface area contributed by atoms with Gasteiger partial charge in [-0.1, -0.05) is 47.0 Å². The van der Waals surface area contributed by atoms with E-state index in [9.17, 15) is 4.79 Å². The van der Waals surface area contributed by atoms with E-state index in [0.717, 1.165) is 28.0 Å². The Bertz CT molecular complexity index is 1200. The van der Waals surface area contributed by atoms with Crippen LogP contribution < -0.4 is 19.8 Å². The summed E-state index contributed by atoms with van der Waals surface area (Å²) in [5, 5.41) is 12.1. The molecule has 0 bridgehead atoms. The van der Waals surface area contributed by atoms with E-state index in [-0.39, 0.29) is 5.91 Å². The van der Waals surface area contributed by atoms with Crippen molar-refractivity contribution >= 4 is 34.0 Å². The Morgan fingerprint density at radius 1 is 1.10 bits per heavy atom. The Kier molecular flexibility index (Phi) is 6.40. The number of nitrogens with zero attached hydrogens (tertiary/aromatic N) is 2. The number of halogens is 1. The topological polar surface area (TPSA) is 87.5 Å². The third-order valence-electron chi connectivity index (χ3n) is 4.41. The SMILES string of the molecule is COc1ccccc1-c1cc[nH+]cc1C(=O)Nc1nnc(OCc2ccc(Cl)cc2)s1. The van der Waals surface area contributed by atoms with Gasteiger partial charge < -0.3 is 9.47 Å². The van der Waals surface area contributed by atoms with Crippen molar-refractivity contribution in [3.8, 4) is 22.1 Å². The molecule has 0 aliphatic carbocycles. The van der Waals surface area contributed by atoms with E-state index in [4.69, 9.17) is 21.1 Å². The van der Waals surface area contributed by atoms with Crippen molar-refractivity contribution in [3.05, 3.63) is 83.1 Å². The van der Waals surface area contributed by atoms with Gasteiger partial charge in [0.1, 0.15) is 17.9 Å². The Balaban J connectivity index is 1.48. The molecule has 9 heteroatoms. The summed E-state index contributed by atoms with van der Waals surface area (Å²) in [7, 11) is 1.60. The van der Waals surface area contributed by atoms with Crippen LogP contribution in [0.2, 0.25) is 5.02 Å². The van der Waals surface area contributed by atoms with Gasteiger partial charge in [-0.2, -0.15) is 0 Å². The van der Waals surface area contributed by atoms with Crippen molar-refractivity contribution in [2.24, 2.45) is 0 Å². The summed E-state index contributed by atoms with van der Waals surface area (Å²) in [4.78, 5) is 15.9. The fourth-order valence-corrected chi connectivity index (χ4v) is 3.65. The molecular weight excluding hydrogens is 436 g/mol. The van der Waals surface area contributed by atoms with Gasteiger partial charge >= 0.3 is 0 Å². The van der Waals surface area contributed by atoms with Crippen molar-refractivity contribution in [1.82, 2.24) is 10.2 Å². The number of amides is 1. The van der Waals surface area contributed by atoms with Crippen LogP contribution in [0.1, 0.15) is 15.9 Å². The van der Waals surface area contributed by atoms with Crippen LogP contribution in [0.4, 0.5) is 5.13 Å². The second kappa shape index (κ2) is 9.55. The second-order valence-electron chi connectivity index (χ2n) is 6.41. The lowest BCUT2D eigenvalue weighted by Gasteiger charge is -2.10. The quantitative estimate of drug-likeness (QED) is 0.444. The highest BCUT2D eigenvalue weighted by Crippen LogP contribution is 2.32. The van der Waals surface area contributed by atoms with E-state index >= 15 is 0 Å². The van der Waals surface area contributed by atoms with Gasteiger partial charge in [0.05, 0.1) is 7.11 Å². The molecule has 0 aliphatic heterocycles. The molecule has 31 heavy (non-hydrogen) atoms. The van der Waals surface area contributed by atoms with Crippen LogP contribution in [0.15, 0.2) is 67.0 Å². The highest BCUT2D eigenvalue weighted by molar-refractivity contribution is 7.17. The number of carbonyl (C=O) groups excluding carboxylic acids is 1. The van der Waals surface area contributed by atoms with E-state index < -0.39 is 0 Å². The number of hydrogen-bond acceptors (Lipinski definition) is 6. The predicted octanol–water partition coefficient (Wildman–Crippen LogP) is 4.51. The number of para-hydroxylation sites is 1. The Morgan fingerprint density at radius 3 is 2.71 bits per heavy atom. The molecule has 0 saturated carbocycles. The molecule has 0 fully saturated rings. The van der Waals surface area contributed by atoms with Crippen LogP contribution in [0.5, 0.6) is 10.9 Å². The number of aromatic nitrogens is 3. The Morgan fingerprint density at radius 2 is 1.90 bits per heavy atom. The van der Waals surface area contributed by atoms with Crippen LogP contribution in [0.3, 0.4) is 0 Å². The van der Waals surface area contributed by atoms with E-state index in [0.29, 0.717) is 33.3 Å². The number of pyridine rings is 1. The molecule has 7 nitrogen and oxygen atoms in total. The molecule has 2 aromatic carbocycles. The normalized spacial score (nSPS) is 10.5. The zero-order valence-electron chi connectivity index (χ0n) is 16.5. The molecule has 0 unspecified atom stereocenters. The summed E-state index contributed by atoms with van der Waals surface area (Å²) in [6, 6.07) is 16.7. The average molecular weight is 454 g/mol. The number of carbonyl (C=O) groups is 1.